The van der Waals surface area contributed by atoms with E-state index in [1.165, 1.54) is 5.56 Å². The molecule has 0 spiro atoms. The zero-order valence-corrected chi connectivity index (χ0v) is 12.1. The second-order valence-corrected chi connectivity index (χ2v) is 6.87. The monoisotopic (exact) mass is 295 g/mol. The summed E-state index contributed by atoms with van der Waals surface area (Å²) in [6.45, 7) is 4.01. The maximum absolute atomic E-state index is 11.0. The quantitative estimate of drug-likeness (QED) is 0.862. The second kappa shape index (κ2) is 4.79. The van der Waals surface area contributed by atoms with Crippen molar-refractivity contribution in [2.75, 3.05) is 18.2 Å². The van der Waals surface area contributed by atoms with Crippen LogP contribution in [0.1, 0.15) is 17.5 Å². The molecule has 2 heterocycles. The lowest BCUT2D eigenvalue weighted by Gasteiger charge is -2.21. The van der Waals surface area contributed by atoms with Gasteiger partial charge in [-0.05, 0) is 30.5 Å². The summed E-state index contributed by atoms with van der Waals surface area (Å²) in [5.41, 5.74) is 4.50. The number of fused-ring (bicyclic) bond motifs is 3. The number of nitrogens with one attached hydrogen (secondary N) is 1. The van der Waals surface area contributed by atoms with Crippen LogP contribution in [0, 0.1) is 0 Å². The van der Waals surface area contributed by atoms with E-state index in [9.17, 15) is 8.42 Å². The van der Waals surface area contributed by atoms with Crippen molar-refractivity contribution in [1.29, 1.82) is 0 Å². The molecule has 1 unspecified atom stereocenters. The van der Waals surface area contributed by atoms with E-state index >= 15 is 0 Å². The van der Waals surface area contributed by atoms with Gasteiger partial charge in [0.15, 0.2) is 0 Å². The first-order valence-electron chi connectivity index (χ1n) is 6.53. The van der Waals surface area contributed by atoms with Gasteiger partial charge in [0.1, 0.15) is 18.5 Å². The van der Waals surface area contributed by atoms with Crippen LogP contribution in [0.15, 0.2) is 24.4 Å². The van der Waals surface area contributed by atoms with Gasteiger partial charge in [-0.25, -0.2) is 0 Å². The van der Waals surface area contributed by atoms with Crippen LogP contribution in [0.3, 0.4) is 0 Å². The highest BCUT2D eigenvalue weighted by atomic mass is 32.2. The van der Waals surface area contributed by atoms with E-state index in [4.69, 9.17) is 8.92 Å². The molecule has 0 saturated carbocycles. The molecule has 20 heavy (non-hydrogen) atoms. The van der Waals surface area contributed by atoms with Gasteiger partial charge < -0.3 is 10.1 Å². The lowest BCUT2D eigenvalue weighted by molar-refractivity contribution is 0.153. The zero-order valence-electron chi connectivity index (χ0n) is 11.3. The Hall–Kier alpha value is -1.53. The fourth-order valence-corrected chi connectivity index (χ4v) is 3.08. The fraction of sp³-hybridized carbons (Fsp3) is 0.429. The van der Waals surface area contributed by atoms with E-state index in [2.05, 4.69) is 11.9 Å². The van der Waals surface area contributed by atoms with Gasteiger partial charge in [-0.1, -0.05) is 6.58 Å². The Labute approximate surface area is 118 Å². The second-order valence-electron chi connectivity index (χ2n) is 5.23. The number of allylic oxidation sites excluding steroid dienone is 1. The van der Waals surface area contributed by atoms with E-state index in [1.54, 1.807) is 0 Å². The topological polar surface area (TPSA) is 64.6 Å². The van der Waals surface area contributed by atoms with Gasteiger partial charge in [0.25, 0.3) is 10.1 Å². The molecule has 0 aliphatic carbocycles. The van der Waals surface area contributed by atoms with E-state index in [0.29, 0.717) is 6.42 Å². The fourth-order valence-electron chi connectivity index (χ4n) is 2.68. The van der Waals surface area contributed by atoms with Crippen LogP contribution >= 0.6 is 0 Å². The van der Waals surface area contributed by atoms with Crippen LogP contribution in [-0.4, -0.2) is 27.4 Å². The first kappa shape index (κ1) is 13.5. The third-order valence-electron chi connectivity index (χ3n) is 3.57. The number of benzene rings is 1. The predicted octanol–water partition coefficient (Wildman–Crippen LogP) is 1.84. The molecule has 6 heteroatoms. The highest BCUT2D eigenvalue weighted by Crippen LogP contribution is 2.39. The average molecular weight is 295 g/mol. The number of rotatable bonds is 3. The molecule has 0 bridgehead atoms. The Morgan fingerprint density at radius 3 is 2.95 bits per heavy atom. The molecule has 0 saturated heterocycles. The van der Waals surface area contributed by atoms with Gasteiger partial charge in [-0.3, -0.25) is 4.18 Å². The van der Waals surface area contributed by atoms with Crippen LogP contribution in [-0.2, 0) is 27.1 Å². The maximum atomic E-state index is 11.0. The Morgan fingerprint density at radius 2 is 2.20 bits per heavy atom. The van der Waals surface area contributed by atoms with E-state index in [1.807, 2.05) is 12.1 Å². The van der Waals surface area contributed by atoms with Crippen molar-refractivity contribution in [3.8, 4) is 5.75 Å². The summed E-state index contributed by atoms with van der Waals surface area (Å²) in [6.07, 6.45) is 3.34. The van der Waals surface area contributed by atoms with Gasteiger partial charge in [0.2, 0.25) is 0 Å². The van der Waals surface area contributed by atoms with Crippen molar-refractivity contribution in [3.63, 3.8) is 0 Å². The molecule has 0 fully saturated rings. The molecule has 1 aromatic carbocycles. The predicted molar refractivity (Wildman–Crippen MR) is 76.4 cm³/mol. The molecule has 0 amide bonds. The lowest BCUT2D eigenvalue weighted by atomic mass is 9.94. The van der Waals surface area contributed by atoms with Crippen LogP contribution in [0.5, 0.6) is 5.75 Å². The summed E-state index contributed by atoms with van der Waals surface area (Å²) in [4.78, 5) is 0. The highest BCUT2D eigenvalue weighted by molar-refractivity contribution is 7.85. The van der Waals surface area contributed by atoms with Gasteiger partial charge in [-0.2, -0.15) is 8.42 Å². The standard InChI is InChI=1S/C14H17NO4S/c1-9-3-4-11-12-7-10(8-18-20(2,16)17)19-14(12)6-5-13(11)15-9/h5-6,10,15H,1,3-4,7-8H2,2H3. The largest absolute Gasteiger partial charge is 0.487 e. The molecule has 1 aromatic rings. The molecule has 1 N–H and O–H groups in total. The zero-order chi connectivity index (χ0) is 14.3. The Kier molecular flexibility index (Phi) is 3.22. The van der Waals surface area contributed by atoms with Crippen LogP contribution in [0.2, 0.25) is 0 Å². The van der Waals surface area contributed by atoms with Gasteiger partial charge in [0.05, 0.1) is 6.26 Å². The summed E-state index contributed by atoms with van der Waals surface area (Å²) < 4.78 is 32.6. The van der Waals surface area contributed by atoms with E-state index < -0.39 is 10.1 Å². The molecule has 2 aliphatic rings. The highest BCUT2D eigenvalue weighted by Gasteiger charge is 2.29. The van der Waals surface area contributed by atoms with Crippen LogP contribution in [0.25, 0.3) is 0 Å². The smallest absolute Gasteiger partial charge is 0.264 e. The summed E-state index contributed by atoms with van der Waals surface area (Å²) in [7, 11) is -3.43. The van der Waals surface area contributed by atoms with Gasteiger partial charge in [0, 0.05) is 23.4 Å². The van der Waals surface area contributed by atoms with E-state index in [0.717, 1.165) is 41.8 Å². The van der Waals surface area contributed by atoms with Crippen molar-refractivity contribution in [1.82, 2.24) is 0 Å². The normalized spacial score (nSPS) is 20.9. The van der Waals surface area contributed by atoms with E-state index in [-0.39, 0.29) is 12.7 Å². The van der Waals surface area contributed by atoms with Crippen molar-refractivity contribution in [2.45, 2.75) is 25.4 Å². The average Bonchev–Trinajstić information content (AvgIpc) is 2.78. The summed E-state index contributed by atoms with van der Waals surface area (Å²) >= 11 is 0. The number of hydrogen-bond donors (Lipinski definition) is 1. The molecule has 108 valence electrons. The number of anilines is 1. The van der Waals surface area contributed by atoms with Crippen LogP contribution < -0.4 is 10.1 Å². The third kappa shape index (κ3) is 2.66. The minimum Gasteiger partial charge on any atom is -0.487 e. The summed E-state index contributed by atoms with van der Waals surface area (Å²) in [6, 6.07) is 3.90. The molecule has 2 aliphatic heterocycles. The number of ether oxygens (including phenoxy) is 1. The maximum Gasteiger partial charge on any atom is 0.264 e. The minimum absolute atomic E-state index is 0.0580. The minimum atomic E-state index is -3.43. The molecule has 0 aromatic heterocycles. The molecule has 5 nitrogen and oxygen atoms in total. The molecular weight excluding hydrogens is 278 g/mol. The summed E-state index contributed by atoms with van der Waals surface area (Å²) in [5.74, 6) is 0.833. The van der Waals surface area contributed by atoms with Crippen LogP contribution in [0.4, 0.5) is 5.69 Å². The Bertz CT molecular complexity index is 666. The molecule has 3 rings (SSSR count). The van der Waals surface area contributed by atoms with Gasteiger partial charge in [-0.15, -0.1) is 0 Å². The molecule has 1 atom stereocenters. The van der Waals surface area contributed by atoms with Gasteiger partial charge >= 0.3 is 0 Å². The first-order valence-corrected chi connectivity index (χ1v) is 8.34. The summed E-state index contributed by atoms with van der Waals surface area (Å²) in [5, 5.41) is 3.28. The molecule has 0 radical (unpaired) electrons. The third-order valence-corrected chi connectivity index (χ3v) is 4.13. The Balaban J connectivity index is 1.79. The van der Waals surface area contributed by atoms with Crippen molar-refractivity contribution >= 4 is 15.8 Å². The van der Waals surface area contributed by atoms with Crippen molar-refractivity contribution in [3.05, 3.63) is 35.5 Å². The van der Waals surface area contributed by atoms with Crippen molar-refractivity contribution in [2.24, 2.45) is 0 Å². The molecular formula is C14H17NO4S. The Morgan fingerprint density at radius 1 is 1.40 bits per heavy atom. The lowest BCUT2D eigenvalue weighted by Crippen LogP contribution is -2.22. The van der Waals surface area contributed by atoms with Crippen molar-refractivity contribution < 1.29 is 17.3 Å². The SMILES string of the molecule is C=C1CCc2c(ccc3c2CC(COS(C)(=O)=O)O3)N1. The number of hydrogen-bond acceptors (Lipinski definition) is 5. The first-order chi connectivity index (χ1) is 9.42.